The molecule has 1 heterocycles. The molecule has 94 valence electrons. The van der Waals surface area contributed by atoms with Crippen molar-refractivity contribution in [2.75, 3.05) is 17.8 Å². The van der Waals surface area contributed by atoms with Crippen LogP contribution in [0.25, 0.3) is 0 Å². The van der Waals surface area contributed by atoms with E-state index in [2.05, 4.69) is 0 Å². The molecule has 2 atom stereocenters. The molecule has 7 nitrogen and oxygen atoms in total. The van der Waals surface area contributed by atoms with Crippen molar-refractivity contribution in [3.63, 3.8) is 0 Å². The second-order valence-electron chi connectivity index (χ2n) is 3.87. The zero-order chi connectivity index (χ0) is 12.6. The van der Waals surface area contributed by atoms with E-state index in [1.165, 1.54) is 0 Å². The zero-order valence-corrected chi connectivity index (χ0v) is 10.5. The summed E-state index contributed by atoms with van der Waals surface area (Å²) in [6, 6.07) is 0. The Hall–Kier alpha value is -0.830. The second kappa shape index (κ2) is 4.21. The molecule has 1 N–H and O–H groups in total. The quantitative estimate of drug-likeness (QED) is 0.698. The van der Waals surface area contributed by atoms with Crippen LogP contribution in [0.1, 0.15) is 6.92 Å². The molecule has 16 heavy (non-hydrogen) atoms. The number of amides is 1. The van der Waals surface area contributed by atoms with Gasteiger partial charge >= 0.3 is 6.09 Å². The SMILES string of the molecule is CC1CS(=O)(=O)CC1OC(=O)NS(C)(=O)=O. The van der Waals surface area contributed by atoms with E-state index in [0.717, 1.165) is 6.26 Å². The number of hydrogen-bond donors (Lipinski definition) is 1. The van der Waals surface area contributed by atoms with Crippen LogP contribution in [0.3, 0.4) is 0 Å². The first-order valence-electron chi connectivity index (χ1n) is 4.48. The van der Waals surface area contributed by atoms with Crippen molar-refractivity contribution in [3.8, 4) is 0 Å². The number of sulfonamides is 1. The lowest BCUT2D eigenvalue weighted by Crippen LogP contribution is -2.35. The fourth-order valence-electron chi connectivity index (χ4n) is 1.45. The minimum absolute atomic E-state index is 0.0518. The molecule has 1 rings (SSSR count). The fourth-order valence-corrected chi connectivity index (χ4v) is 3.85. The number of hydrogen-bond acceptors (Lipinski definition) is 6. The highest BCUT2D eigenvalue weighted by Crippen LogP contribution is 2.21. The summed E-state index contributed by atoms with van der Waals surface area (Å²) in [4.78, 5) is 11.1. The first-order valence-corrected chi connectivity index (χ1v) is 8.19. The molecule has 0 spiro atoms. The van der Waals surface area contributed by atoms with Crippen molar-refractivity contribution in [2.45, 2.75) is 13.0 Å². The highest BCUT2D eigenvalue weighted by atomic mass is 32.2. The van der Waals surface area contributed by atoms with Gasteiger partial charge in [0.05, 0.1) is 17.8 Å². The maximum Gasteiger partial charge on any atom is 0.421 e. The molecule has 0 saturated carbocycles. The maximum absolute atomic E-state index is 11.2. The van der Waals surface area contributed by atoms with Crippen molar-refractivity contribution in [2.24, 2.45) is 5.92 Å². The smallest absolute Gasteiger partial charge is 0.421 e. The third-order valence-corrected chi connectivity index (χ3v) is 4.50. The van der Waals surface area contributed by atoms with Crippen molar-refractivity contribution in [1.82, 2.24) is 4.72 Å². The van der Waals surface area contributed by atoms with Gasteiger partial charge in [0.2, 0.25) is 10.0 Å². The minimum atomic E-state index is -3.69. The average molecular weight is 271 g/mol. The number of nitrogens with one attached hydrogen (secondary N) is 1. The highest BCUT2D eigenvalue weighted by Gasteiger charge is 2.37. The number of carbonyl (C=O) groups is 1. The molecule has 0 aromatic heterocycles. The summed E-state index contributed by atoms with van der Waals surface area (Å²) in [5.41, 5.74) is 0. The number of sulfone groups is 1. The number of rotatable bonds is 2. The van der Waals surface area contributed by atoms with Crippen LogP contribution in [0.15, 0.2) is 0 Å². The van der Waals surface area contributed by atoms with Crippen LogP contribution >= 0.6 is 0 Å². The molecule has 9 heteroatoms. The summed E-state index contributed by atoms with van der Waals surface area (Å²) < 4.78 is 50.1. The van der Waals surface area contributed by atoms with Gasteiger partial charge in [-0.05, 0) is 0 Å². The second-order valence-corrected chi connectivity index (χ2v) is 7.77. The first-order chi connectivity index (χ1) is 7.09. The lowest BCUT2D eigenvalue weighted by atomic mass is 10.1. The molecule has 1 saturated heterocycles. The normalized spacial score (nSPS) is 28.6. The topological polar surface area (TPSA) is 107 Å². The van der Waals surface area contributed by atoms with Crippen LogP contribution in [-0.4, -0.2) is 46.8 Å². The molecule has 1 fully saturated rings. The third kappa shape index (κ3) is 3.97. The van der Waals surface area contributed by atoms with Gasteiger partial charge in [0, 0.05) is 5.92 Å². The van der Waals surface area contributed by atoms with E-state index in [1.54, 1.807) is 11.6 Å². The predicted octanol–water partition coefficient (Wildman–Crippen LogP) is -0.895. The zero-order valence-electron chi connectivity index (χ0n) is 8.83. The molecule has 0 aromatic rings. The van der Waals surface area contributed by atoms with E-state index in [9.17, 15) is 21.6 Å². The Morgan fingerprint density at radius 3 is 2.31 bits per heavy atom. The van der Waals surface area contributed by atoms with Crippen LogP contribution in [0.2, 0.25) is 0 Å². The first kappa shape index (κ1) is 13.2. The number of ether oxygens (including phenoxy) is 1. The molecule has 0 aromatic carbocycles. The maximum atomic E-state index is 11.2. The van der Waals surface area contributed by atoms with E-state index in [0.29, 0.717) is 0 Å². The minimum Gasteiger partial charge on any atom is -0.444 e. The van der Waals surface area contributed by atoms with Crippen molar-refractivity contribution < 1.29 is 26.4 Å². The van der Waals surface area contributed by atoms with Crippen LogP contribution in [0.5, 0.6) is 0 Å². The summed E-state index contributed by atoms with van der Waals surface area (Å²) in [7, 11) is -6.87. The Kier molecular flexibility index (Phi) is 3.48. The van der Waals surface area contributed by atoms with Gasteiger partial charge in [0.1, 0.15) is 6.10 Å². The summed E-state index contributed by atoms with van der Waals surface area (Å²) in [6.45, 7) is 1.63. The third-order valence-electron chi connectivity index (χ3n) is 2.10. The van der Waals surface area contributed by atoms with Gasteiger partial charge in [-0.2, -0.15) is 0 Å². The van der Waals surface area contributed by atoms with Crippen molar-refractivity contribution >= 4 is 26.0 Å². The van der Waals surface area contributed by atoms with Gasteiger partial charge in [-0.15, -0.1) is 0 Å². The monoisotopic (exact) mass is 271 g/mol. The summed E-state index contributed by atoms with van der Waals surface area (Å²) in [6.07, 6.45) is -1.12. The van der Waals surface area contributed by atoms with E-state index in [-0.39, 0.29) is 17.4 Å². The van der Waals surface area contributed by atoms with Crippen LogP contribution in [0, 0.1) is 5.92 Å². The number of carbonyl (C=O) groups excluding carboxylic acids is 1. The lowest BCUT2D eigenvalue weighted by molar-refractivity contribution is 0.0948. The van der Waals surface area contributed by atoms with Gasteiger partial charge < -0.3 is 4.74 Å². The largest absolute Gasteiger partial charge is 0.444 e. The Morgan fingerprint density at radius 2 is 1.94 bits per heavy atom. The highest BCUT2D eigenvalue weighted by molar-refractivity contribution is 7.91. The molecule has 1 amide bonds. The van der Waals surface area contributed by atoms with E-state index < -0.39 is 32.1 Å². The van der Waals surface area contributed by atoms with Gasteiger partial charge in [0.25, 0.3) is 0 Å². The Balaban J connectivity index is 2.60. The van der Waals surface area contributed by atoms with E-state index >= 15 is 0 Å². The molecule has 2 unspecified atom stereocenters. The van der Waals surface area contributed by atoms with Crippen LogP contribution < -0.4 is 4.72 Å². The van der Waals surface area contributed by atoms with E-state index in [4.69, 9.17) is 4.74 Å². The fraction of sp³-hybridized carbons (Fsp3) is 0.857. The molecule has 0 aliphatic carbocycles. The standard InChI is InChI=1S/C7H13NO6S2/c1-5-3-16(12,13)4-6(5)14-7(9)8-15(2,10)11/h5-6H,3-4H2,1-2H3,(H,8,9). The molecule has 1 aliphatic heterocycles. The summed E-state index contributed by atoms with van der Waals surface area (Å²) >= 11 is 0. The predicted molar refractivity (Wildman–Crippen MR) is 56.1 cm³/mol. The summed E-state index contributed by atoms with van der Waals surface area (Å²) in [5.74, 6) is -0.634. The lowest BCUT2D eigenvalue weighted by Gasteiger charge is -2.14. The summed E-state index contributed by atoms with van der Waals surface area (Å²) in [5, 5.41) is 0. The van der Waals surface area contributed by atoms with Gasteiger partial charge in [-0.3, -0.25) is 0 Å². The molecule has 0 bridgehead atoms. The van der Waals surface area contributed by atoms with E-state index in [1.807, 2.05) is 0 Å². The van der Waals surface area contributed by atoms with Crippen molar-refractivity contribution in [3.05, 3.63) is 0 Å². The molecular weight excluding hydrogens is 258 g/mol. The van der Waals surface area contributed by atoms with Crippen LogP contribution in [-0.2, 0) is 24.6 Å². The van der Waals surface area contributed by atoms with Gasteiger partial charge in [-0.25, -0.2) is 26.4 Å². The average Bonchev–Trinajstić information content (AvgIpc) is 2.19. The Bertz CT molecular complexity index is 479. The molecular formula is C7H13NO6S2. The molecule has 1 aliphatic rings. The molecule has 0 radical (unpaired) electrons. The van der Waals surface area contributed by atoms with Gasteiger partial charge in [-0.1, -0.05) is 6.92 Å². The van der Waals surface area contributed by atoms with Crippen LogP contribution in [0.4, 0.5) is 4.79 Å². The van der Waals surface area contributed by atoms with Crippen molar-refractivity contribution in [1.29, 1.82) is 0 Å². The Morgan fingerprint density at radius 1 is 1.38 bits per heavy atom. The Labute approximate surface area is 94.1 Å². The van der Waals surface area contributed by atoms with Gasteiger partial charge in [0.15, 0.2) is 9.84 Å².